The van der Waals surface area contributed by atoms with Gasteiger partial charge in [-0.25, -0.2) is 0 Å². The molecule has 0 unspecified atom stereocenters. The van der Waals surface area contributed by atoms with Gasteiger partial charge in [-0.05, 0) is 18.1 Å². The number of hydrogen-bond donors (Lipinski definition) is 2. The second kappa shape index (κ2) is 12.5. The summed E-state index contributed by atoms with van der Waals surface area (Å²) in [5, 5.41) is 25.9. The molecular formula is C35H56N4O6SiSn. The molecule has 0 bridgehead atoms. The summed E-state index contributed by atoms with van der Waals surface area (Å²) < 4.78 is 16.3. The van der Waals surface area contributed by atoms with Gasteiger partial charge in [0.15, 0.2) is 8.32 Å². The Morgan fingerprint density at radius 1 is 0.957 bits per heavy atom. The minimum atomic E-state index is -3.03. The van der Waals surface area contributed by atoms with Crippen molar-refractivity contribution in [1.82, 2.24) is 14.8 Å². The molecule has 3 aromatic rings. The summed E-state index contributed by atoms with van der Waals surface area (Å²) in [4.78, 5) is 36.6. The quantitative estimate of drug-likeness (QED) is 0.237. The summed E-state index contributed by atoms with van der Waals surface area (Å²) >= 11 is -3.03. The van der Waals surface area contributed by atoms with Crippen molar-refractivity contribution in [2.24, 2.45) is 0 Å². The number of hydrogen-bond acceptors (Lipinski definition) is 6. The number of fused-ring (bicyclic) bond motifs is 1. The molecule has 1 saturated carbocycles. The van der Waals surface area contributed by atoms with Crippen molar-refractivity contribution in [3.05, 3.63) is 23.7 Å². The van der Waals surface area contributed by atoms with Gasteiger partial charge < -0.3 is 0 Å². The van der Waals surface area contributed by atoms with Crippen LogP contribution in [-0.2, 0) is 15.3 Å². The van der Waals surface area contributed by atoms with Gasteiger partial charge in [-0.3, -0.25) is 0 Å². The average Bonchev–Trinajstić information content (AvgIpc) is 3.53. The van der Waals surface area contributed by atoms with Crippen LogP contribution >= 0.6 is 0 Å². The van der Waals surface area contributed by atoms with Crippen molar-refractivity contribution < 1.29 is 28.6 Å². The van der Waals surface area contributed by atoms with E-state index >= 15 is 0 Å². The number of anilines is 1. The summed E-state index contributed by atoms with van der Waals surface area (Å²) in [6.07, 6.45) is 4.85. The average molecular weight is 776 g/mol. The van der Waals surface area contributed by atoms with Gasteiger partial charge in [0.25, 0.3) is 0 Å². The molecule has 3 aromatic heterocycles. The van der Waals surface area contributed by atoms with Crippen molar-refractivity contribution in [3.63, 3.8) is 0 Å². The molecule has 0 aromatic carbocycles. The maximum absolute atomic E-state index is 12.4. The fourth-order valence-electron chi connectivity index (χ4n) is 6.33. The summed E-state index contributed by atoms with van der Waals surface area (Å²) in [5.41, 5.74) is 2.51. The number of carbonyl (C=O) groups is 2. The number of carboxylic acid groups (broad SMARTS) is 2. The van der Waals surface area contributed by atoms with E-state index < -0.39 is 44.3 Å². The van der Waals surface area contributed by atoms with E-state index in [-0.39, 0.29) is 38.9 Å². The number of pyridine rings is 1. The van der Waals surface area contributed by atoms with Gasteiger partial charge >= 0.3 is 239 Å². The van der Waals surface area contributed by atoms with Gasteiger partial charge in [0.05, 0.1) is 0 Å². The van der Waals surface area contributed by atoms with Crippen molar-refractivity contribution in [3.8, 4) is 11.1 Å². The Kier molecular flexibility index (Phi) is 9.95. The molecule has 0 spiro atoms. The molecule has 2 amide bonds. The van der Waals surface area contributed by atoms with Gasteiger partial charge in [0, 0.05) is 0 Å². The van der Waals surface area contributed by atoms with E-state index in [1.165, 1.54) is 0 Å². The topological polar surface area (TPSA) is 131 Å². The summed E-state index contributed by atoms with van der Waals surface area (Å²) in [6, 6.07) is 0.228. The number of rotatable bonds is 6. The predicted octanol–water partition coefficient (Wildman–Crippen LogP) is 9.50. The van der Waals surface area contributed by atoms with E-state index in [1.807, 2.05) is 27.0 Å². The van der Waals surface area contributed by atoms with Crippen LogP contribution < -0.4 is 8.68 Å². The van der Waals surface area contributed by atoms with Crippen molar-refractivity contribution >= 4 is 59.4 Å². The molecule has 0 aliphatic heterocycles. The van der Waals surface area contributed by atoms with Crippen LogP contribution in [0.4, 0.5) is 15.4 Å². The SMILES string of the molecule is CC(C)(C)c1nc(N(C(=O)O)C(=O)O)c2o[c]([Sn]([CH3])([CH3])[CH3])c(C(C)(C)C)c2c1-c1cnn(C2CCC(O[Si](C)(C)C(C)(C)C)CC2)c1. The second-order valence-electron chi connectivity index (χ2n) is 17.8. The Morgan fingerprint density at radius 3 is 1.96 bits per heavy atom. The molecule has 3 heterocycles. The third-order valence-electron chi connectivity index (χ3n) is 9.73. The van der Waals surface area contributed by atoms with Crippen LogP contribution in [0.25, 0.3) is 22.1 Å². The van der Waals surface area contributed by atoms with E-state index in [0.717, 1.165) is 51.5 Å². The molecule has 1 aliphatic carbocycles. The van der Waals surface area contributed by atoms with Crippen LogP contribution in [0.1, 0.15) is 105 Å². The van der Waals surface area contributed by atoms with Crippen molar-refractivity contribution in [1.29, 1.82) is 0 Å². The van der Waals surface area contributed by atoms with Crippen molar-refractivity contribution in [2.75, 3.05) is 4.90 Å². The van der Waals surface area contributed by atoms with Crippen molar-refractivity contribution in [2.45, 2.75) is 144 Å². The Bertz CT molecular complexity index is 1640. The first-order valence-electron chi connectivity index (χ1n) is 16.8. The van der Waals surface area contributed by atoms with E-state index in [2.05, 4.69) is 80.3 Å². The van der Waals surface area contributed by atoms with Crippen LogP contribution in [0.5, 0.6) is 0 Å². The fourth-order valence-corrected chi connectivity index (χ4v) is 12.5. The monoisotopic (exact) mass is 776 g/mol. The molecule has 1 fully saturated rings. The van der Waals surface area contributed by atoms with Crippen LogP contribution in [-0.4, -0.2) is 70.0 Å². The Balaban J connectivity index is 1.93. The van der Waals surface area contributed by atoms with Gasteiger partial charge in [-0.15, -0.1) is 0 Å². The zero-order valence-corrected chi connectivity index (χ0v) is 34.8. The van der Waals surface area contributed by atoms with Crippen LogP contribution in [0.15, 0.2) is 16.8 Å². The van der Waals surface area contributed by atoms with E-state index in [0.29, 0.717) is 5.69 Å². The number of aromatic nitrogens is 3. The summed E-state index contributed by atoms with van der Waals surface area (Å²) in [5.74, 6) is -0.214. The van der Waals surface area contributed by atoms with Gasteiger partial charge in [0.2, 0.25) is 0 Å². The predicted molar refractivity (Wildman–Crippen MR) is 194 cm³/mol. The van der Waals surface area contributed by atoms with Gasteiger partial charge in [-0.2, -0.15) is 0 Å². The zero-order valence-electron chi connectivity index (χ0n) is 31.0. The second-order valence-corrected chi connectivity index (χ2v) is 36.7. The van der Waals surface area contributed by atoms with Crippen LogP contribution in [0, 0.1) is 0 Å². The first kappa shape index (κ1) is 37.4. The zero-order chi connectivity index (χ0) is 35.7. The summed E-state index contributed by atoms with van der Waals surface area (Å²) in [7, 11) is -1.85. The first-order chi connectivity index (χ1) is 21.3. The molecule has 0 saturated heterocycles. The molecule has 47 heavy (non-hydrogen) atoms. The molecule has 260 valence electrons. The fraction of sp³-hybridized carbons (Fsp3) is 0.657. The molecule has 12 heteroatoms. The van der Waals surface area contributed by atoms with E-state index in [9.17, 15) is 19.8 Å². The Morgan fingerprint density at radius 2 is 1.51 bits per heavy atom. The minimum absolute atomic E-state index is 0.169. The molecular weight excluding hydrogens is 719 g/mol. The standard InChI is InChI=1S/C32H47N4O6Si.3CH3.Sn/c1-30(2,3)22-18-41-25-24(22)23(26(31(4,5)6)34-27(25)36(28(37)38)29(39)40)19-16-33-35(17-19)20-12-14-21(15-13-20)42-43(10,11)32(7,8)9;;;;/h16-17,20-21H,12-15H2,1-11H3,(H,37,38)(H,39,40);3*1H3;. The molecule has 1 aliphatic rings. The number of nitrogens with zero attached hydrogens (tertiary/aromatic N) is 4. The van der Waals surface area contributed by atoms with E-state index in [4.69, 9.17) is 18.9 Å². The molecule has 2 N–H and O–H groups in total. The number of furan rings is 1. The third-order valence-corrected chi connectivity index (χ3v) is 19.2. The maximum atomic E-state index is 12.4. The Labute approximate surface area is 285 Å². The van der Waals surface area contributed by atoms with Crippen LogP contribution in [0.3, 0.4) is 0 Å². The third kappa shape index (κ3) is 7.46. The normalized spacial score (nSPS) is 18.5. The number of amides is 2. The number of imide groups is 1. The van der Waals surface area contributed by atoms with Gasteiger partial charge in [-0.1, -0.05) is 20.8 Å². The van der Waals surface area contributed by atoms with Gasteiger partial charge in [0.1, 0.15) is 0 Å². The molecule has 10 nitrogen and oxygen atoms in total. The molecule has 0 radical (unpaired) electrons. The van der Waals surface area contributed by atoms with Crippen LogP contribution in [0.2, 0.25) is 33.0 Å². The Hall–Kier alpha value is -2.38. The molecule has 0 atom stereocenters. The summed E-state index contributed by atoms with van der Waals surface area (Å²) in [6.45, 7) is 23.9. The first-order valence-corrected chi connectivity index (χ1v) is 29.7. The molecule has 4 rings (SSSR count). The van der Waals surface area contributed by atoms with E-state index in [1.54, 1.807) is 0 Å².